The third kappa shape index (κ3) is 5.42. The van der Waals surface area contributed by atoms with E-state index >= 15 is 0 Å². The maximum absolute atomic E-state index is 12.9. The van der Waals surface area contributed by atoms with Crippen molar-refractivity contribution in [2.45, 2.75) is 44.9 Å². The Balaban J connectivity index is 1.26. The summed E-state index contributed by atoms with van der Waals surface area (Å²) >= 11 is 2.06. The Morgan fingerprint density at radius 3 is 2.70 bits per heavy atom. The molecule has 0 unspecified atom stereocenters. The lowest BCUT2D eigenvalue weighted by atomic mass is 10.0. The number of carbonyl (C=O) groups excluding carboxylic acids is 1. The molecule has 0 N–H and O–H groups in total. The molecule has 6 nitrogen and oxygen atoms in total. The SMILES string of the molecule is COc1ccc2c(c1)O[C@@H](C)CN(CCC(=O)N1CCC(N3CCSCC3)CC1)C2. The number of carbonyl (C=O) groups is 1. The molecule has 0 radical (unpaired) electrons. The first-order valence-electron chi connectivity index (χ1n) is 11.3. The molecule has 0 aromatic heterocycles. The van der Waals surface area contributed by atoms with Crippen molar-refractivity contribution in [3.8, 4) is 11.5 Å². The van der Waals surface area contributed by atoms with Crippen LogP contribution in [0.15, 0.2) is 18.2 Å². The Morgan fingerprint density at radius 2 is 1.97 bits per heavy atom. The van der Waals surface area contributed by atoms with Crippen LogP contribution in [0.2, 0.25) is 0 Å². The van der Waals surface area contributed by atoms with Crippen LogP contribution in [0.25, 0.3) is 0 Å². The van der Waals surface area contributed by atoms with Gasteiger partial charge in [0.1, 0.15) is 17.6 Å². The summed E-state index contributed by atoms with van der Waals surface area (Å²) in [5.41, 5.74) is 1.16. The first-order valence-corrected chi connectivity index (χ1v) is 12.4. The minimum atomic E-state index is 0.0897. The molecule has 30 heavy (non-hydrogen) atoms. The highest BCUT2D eigenvalue weighted by atomic mass is 32.2. The maximum Gasteiger partial charge on any atom is 0.223 e. The third-order valence-corrected chi connectivity index (χ3v) is 7.48. The fraction of sp³-hybridized carbons (Fsp3) is 0.696. The number of hydrogen-bond donors (Lipinski definition) is 0. The smallest absolute Gasteiger partial charge is 0.223 e. The lowest BCUT2D eigenvalue weighted by molar-refractivity contribution is -0.133. The molecule has 3 aliphatic heterocycles. The van der Waals surface area contributed by atoms with Crippen molar-refractivity contribution in [3.05, 3.63) is 23.8 Å². The molecule has 0 spiro atoms. The molecule has 1 amide bonds. The number of nitrogens with zero attached hydrogens (tertiary/aromatic N) is 3. The summed E-state index contributed by atoms with van der Waals surface area (Å²) in [6, 6.07) is 6.69. The van der Waals surface area contributed by atoms with Gasteiger partial charge in [-0.15, -0.1) is 0 Å². The Bertz CT molecular complexity index is 718. The van der Waals surface area contributed by atoms with Gasteiger partial charge in [-0.05, 0) is 25.8 Å². The summed E-state index contributed by atoms with van der Waals surface area (Å²) in [6.07, 6.45) is 2.93. The Kier molecular flexibility index (Phi) is 7.44. The summed E-state index contributed by atoms with van der Waals surface area (Å²) in [7, 11) is 1.67. The van der Waals surface area contributed by atoms with Gasteiger partial charge in [-0.3, -0.25) is 14.6 Å². The van der Waals surface area contributed by atoms with Gasteiger partial charge in [-0.1, -0.05) is 6.07 Å². The van der Waals surface area contributed by atoms with Crippen molar-refractivity contribution in [1.82, 2.24) is 14.7 Å². The minimum absolute atomic E-state index is 0.0897. The van der Waals surface area contributed by atoms with Gasteiger partial charge in [0, 0.05) is 81.4 Å². The van der Waals surface area contributed by atoms with E-state index in [1.165, 1.54) is 24.6 Å². The number of piperidine rings is 1. The number of fused-ring (bicyclic) bond motifs is 1. The summed E-state index contributed by atoms with van der Waals surface area (Å²) < 4.78 is 11.4. The number of likely N-dealkylation sites (tertiary alicyclic amines) is 1. The van der Waals surface area contributed by atoms with E-state index in [4.69, 9.17) is 9.47 Å². The average molecular weight is 434 g/mol. The molecule has 3 heterocycles. The maximum atomic E-state index is 12.9. The van der Waals surface area contributed by atoms with E-state index in [0.717, 1.165) is 62.6 Å². The van der Waals surface area contributed by atoms with E-state index in [1.807, 2.05) is 12.1 Å². The molecule has 0 bridgehead atoms. The van der Waals surface area contributed by atoms with Crippen molar-refractivity contribution in [2.75, 3.05) is 57.9 Å². The van der Waals surface area contributed by atoms with E-state index in [9.17, 15) is 4.79 Å². The number of methoxy groups -OCH3 is 1. The van der Waals surface area contributed by atoms with Crippen LogP contribution in [0.1, 0.15) is 31.7 Å². The van der Waals surface area contributed by atoms with Crippen LogP contribution in [0.4, 0.5) is 0 Å². The highest BCUT2D eigenvalue weighted by molar-refractivity contribution is 7.99. The van der Waals surface area contributed by atoms with Crippen LogP contribution < -0.4 is 9.47 Å². The van der Waals surface area contributed by atoms with Crippen molar-refractivity contribution in [3.63, 3.8) is 0 Å². The van der Waals surface area contributed by atoms with E-state index in [-0.39, 0.29) is 6.10 Å². The van der Waals surface area contributed by atoms with E-state index in [1.54, 1.807) is 7.11 Å². The normalized spacial score (nSPS) is 24.1. The predicted molar refractivity (Wildman–Crippen MR) is 121 cm³/mol. The zero-order valence-corrected chi connectivity index (χ0v) is 19.2. The molecule has 0 saturated carbocycles. The van der Waals surface area contributed by atoms with Gasteiger partial charge in [-0.25, -0.2) is 0 Å². The lowest BCUT2D eigenvalue weighted by Crippen LogP contribution is -2.49. The largest absolute Gasteiger partial charge is 0.497 e. The second-order valence-corrected chi connectivity index (χ2v) is 9.87. The molecule has 7 heteroatoms. The zero-order valence-electron chi connectivity index (χ0n) is 18.3. The van der Waals surface area contributed by atoms with Crippen LogP contribution in [0, 0.1) is 0 Å². The Hall–Kier alpha value is -1.44. The number of amides is 1. The highest BCUT2D eigenvalue weighted by Crippen LogP contribution is 2.29. The number of benzene rings is 1. The van der Waals surface area contributed by atoms with Crippen molar-refractivity contribution < 1.29 is 14.3 Å². The van der Waals surface area contributed by atoms with Gasteiger partial charge in [0.25, 0.3) is 0 Å². The number of hydrogen-bond acceptors (Lipinski definition) is 6. The van der Waals surface area contributed by atoms with Gasteiger partial charge < -0.3 is 14.4 Å². The molecule has 1 aromatic rings. The molecule has 3 aliphatic rings. The van der Waals surface area contributed by atoms with Crippen molar-refractivity contribution in [2.24, 2.45) is 0 Å². The second kappa shape index (κ2) is 10.2. The number of rotatable bonds is 5. The van der Waals surface area contributed by atoms with Gasteiger partial charge in [0.2, 0.25) is 5.91 Å². The monoisotopic (exact) mass is 433 g/mol. The Morgan fingerprint density at radius 1 is 1.20 bits per heavy atom. The first kappa shape index (κ1) is 21.8. The van der Waals surface area contributed by atoms with Gasteiger partial charge in [-0.2, -0.15) is 11.8 Å². The molecular formula is C23H35N3O3S. The minimum Gasteiger partial charge on any atom is -0.497 e. The van der Waals surface area contributed by atoms with E-state index in [0.29, 0.717) is 18.4 Å². The first-order chi connectivity index (χ1) is 14.6. The van der Waals surface area contributed by atoms with Crippen molar-refractivity contribution in [1.29, 1.82) is 0 Å². The van der Waals surface area contributed by atoms with Crippen LogP contribution in [-0.4, -0.2) is 90.6 Å². The van der Waals surface area contributed by atoms with Crippen LogP contribution in [-0.2, 0) is 11.3 Å². The molecule has 2 fully saturated rings. The summed E-state index contributed by atoms with van der Waals surface area (Å²) in [5, 5.41) is 0. The third-order valence-electron chi connectivity index (χ3n) is 6.53. The highest BCUT2D eigenvalue weighted by Gasteiger charge is 2.28. The van der Waals surface area contributed by atoms with E-state index in [2.05, 4.69) is 39.5 Å². The molecule has 166 valence electrons. The molecule has 2 saturated heterocycles. The molecule has 4 rings (SSSR count). The predicted octanol–water partition coefficient (Wildman–Crippen LogP) is 2.71. The van der Waals surface area contributed by atoms with Crippen LogP contribution in [0.3, 0.4) is 0 Å². The van der Waals surface area contributed by atoms with E-state index < -0.39 is 0 Å². The van der Waals surface area contributed by atoms with Gasteiger partial charge in [0.05, 0.1) is 7.11 Å². The summed E-state index contributed by atoms with van der Waals surface area (Å²) in [5.74, 6) is 4.53. The number of ether oxygens (including phenoxy) is 2. The second-order valence-electron chi connectivity index (χ2n) is 8.65. The molecule has 1 atom stereocenters. The summed E-state index contributed by atoms with van der Waals surface area (Å²) in [6.45, 7) is 8.77. The van der Waals surface area contributed by atoms with Gasteiger partial charge in [0.15, 0.2) is 0 Å². The summed E-state index contributed by atoms with van der Waals surface area (Å²) in [4.78, 5) is 19.9. The van der Waals surface area contributed by atoms with Crippen LogP contribution >= 0.6 is 11.8 Å². The van der Waals surface area contributed by atoms with Gasteiger partial charge >= 0.3 is 0 Å². The fourth-order valence-electron chi connectivity index (χ4n) is 4.83. The molecule has 1 aromatic carbocycles. The standard InChI is InChI=1S/C23H35N3O3S/c1-18-16-24(17-19-3-4-21(28-2)15-22(19)29-18)8-7-23(27)26-9-5-20(6-10-26)25-11-13-30-14-12-25/h3-4,15,18,20H,5-14,16-17H2,1-2H3/t18-/m0/s1. The van der Waals surface area contributed by atoms with Crippen LogP contribution in [0.5, 0.6) is 11.5 Å². The lowest BCUT2D eigenvalue weighted by Gasteiger charge is -2.40. The average Bonchev–Trinajstić information content (AvgIpc) is 2.95. The fourth-order valence-corrected chi connectivity index (χ4v) is 5.76. The molecular weight excluding hydrogens is 398 g/mol. The quantitative estimate of drug-likeness (QED) is 0.712. The zero-order chi connectivity index (χ0) is 20.9. The molecule has 0 aliphatic carbocycles. The Labute approximate surface area is 184 Å². The topological polar surface area (TPSA) is 45.3 Å². The van der Waals surface area contributed by atoms with Crippen molar-refractivity contribution >= 4 is 17.7 Å². The number of thioether (sulfide) groups is 1.